The number of nitrogens with zero attached hydrogens (tertiary/aromatic N) is 1. The monoisotopic (exact) mass is 239 g/mol. The van der Waals surface area contributed by atoms with Gasteiger partial charge < -0.3 is 15.6 Å². The van der Waals surface area contributed by atoms with E-state index in [-0.39, 0.29) is 11.4 Å². The number of hydrogen-bond acceptors (Lipinski definition) is 4. The summed E-state index contributed by atoms with van der Waals surface area (Å²) in [6, 6.07) is 0. The van der Waals surface area contributed by atoms with Crippen molar-refractivity contribution in [1.82, 2.24) is 10.5 Å². The minimum atomic E-state index is -0.305. The molecule has 1 aromatic rings. The maximum Gasteiger partial charge on any atom is 0.220 e. The molecule has 0 fully saturated rings. The number of aryl methyl sites for hydroxylation is 2. The molecule has 0 aliphatic carbocycles. The minimum Gasteiger partial charge on any atom is -0.361 e. The molecule has 0 bridgehead atoms. The van der Waals surface area contributed by atoms with E-state index >= 15 is 0 Å². The fraction of sp³-hybridized carbons (Fsp3) is 0.667. The van der Waals surface area contributed by atoms with Crippen molar-refractivity contribution in [2.75, 3.05) is 0 Å². The summed E-state index contributed by atoms with van der Waals surface area (Å²) in [5.41, 5.74) is 7.28. The van der Waals surface area contributed by atoms with Gasteiger partial charge in [0.2, 0.25) is 5.91 Å². The highest BCUT2D eigenvalue weighted by Crippen LogP contribution is 2.12. The Kier molecular flexibility index (Phi) is 4.28. The van der Waals surface area contributed by atoms with Crippen LogP contribution in [0.4, 0.5) is 0 Å². The van der Waals surface area contributed by atoms with Crippen LogP contribution in [-0.2, 0) is 11.3 Å². The molecule has 0 aliphatic heterocycles. The van der Waals surface area contributed by atoms with Crippen molar-refractivity contribution in [3.8, 4) is 0 Å². The molecule has 0 aliphatic rings. The number of hydrogen-bond donors (Lipinski definition) is 2. The summed E-state index contributed by atoms with van der Waals surface area (Å²) in [6.45, 7) is 7.99. The van der Waals surface area contributed by atoms with E-state index in [1.165, 1.54) is 0 Å². The Hall–Kier alpha value is -1.36. The average molecular weight is 239 g/mol. The van der Waals surface area contributed by atoms with Crippen LogP contribution in [0.25, 0.3) is 0 Å². The van der Waals surface area contributed by atoms with Crippen LogP contribution in [0.1, 0.15) is 43.7 Å². The van der Waals surface area contributed by atoms with Gasteiger partial charge in [-0.25, -0.2) is 0 Å². The summed E-state index contributed by atoms with van der Waals surface area (Å²) in [5, 5.41) is 6.68. The second kappa shape index (κ2) is 5.31. The third-order valence-corrected chi connectivity index (χ3v) is 2.64. The van der Waals surface area contributed by atoms with Gasteiger partial charge in [-0.15, -0.1) is 0 Å². The van der Waals surface area contributed by atoms with E-state index in [9.17, 15) is 4.79 Å². The quantitative estimate of drug-likeness (QED) is 0.814. The summed E-state index contributed by atoms with van der Waals surface area (Å²) in [4.78, 5) is 11.6. The second-order valence-electron chi connectivity index (χ2n) is 5.07. The van der Waals surface area contributed by atoms with Crippen molar-refractivity contribution < 1.29 is 9.32 Å². The number of carbonyl (C=O) groups excluding carboxylic acids is 1. The molecule has 3 N–H and O–H groups in total. The molecule has 0 saturated heterocycles. The predicted molar refractivity (Wildman–Crippen MR) is 65.3 cm³/mol. The van der Waals surface area contributed by atoms with E-state index in [0.717, 1.165) is 17.0 Å². The summed E-state index contributed by atoms with van der Waals surface area (Å²) < 4.78 is 5.02. The van der Waals surface area contributed by atoms with Crippen molar-refractivity contribution in [3.05, 3.63) is 17.0 Å². The smallest absolute Gasteiger partial charge is 0.220 e. The molecule has 1 heterocycles. The van der Waals surface area contributed by atoms with Gasteiger partial charge in [-0.2, -0.15) is 0 Å². The van der Waals surface area contributed by atoms with Crippen molar-refractivity contribution in [1.29, 1.82) is 0 Å². The zero-order valence-corrected chi connectivity index (χ0v) is 11.0. The normalized spacial score (nSPS) is 11.6. The molecule has 17 heavy (non-hydrogen) atoms. The molecule has 0 saturated carbocycles. The molecule has 0 atom stereocenters. The van der Waals surface area contributed by atoms with E-state index in [4.69, 9.17) is 10.3 Å². The van der Waals surface area contributed by atoms with Crippen molar-refractivity contribution in [3.63, 3.8) is 0 Å². The number of nitrogens with two attached hydrogens (primary N) is 1. The third-order valence-electron chi connectivity index (χ3n) is 2.64. The van der Waals surface area contributed by atoms with E-state index < -0.39 is 0 Å². The Balaban J connectivity index is 2.39. The van der Waals surface area contributed by atoms with Crippen LogP contribution in [0.3, 0.4) is 0 Å². The largest absolute Gasteiger partial charge is 0.361 e. The van der Waals surface area contributed by atoms with Crippen LogP contribution in [0.2, 0.25) is 0 Å². The molecular weight excluding hydrogens is 218 g/mol. The molecule has 1 rings (SSSR count). The lowest BCUT2D eigenvalue weighted by atomic mass is 10.00. The number of amides is 1. The van der Waals surface area contributed by atoms with Gasteiger partial charge in [0.15, 0.2) is 0 Å². The highest BCUT2D eigenvalue weighted by molar-refractivity contribution is 5.75. The van der Waals surface area contributed by atoms with Gasteiger partial charge in [-0.3, -0.25) is 4.79 Å². The lowest BCUT2D eigenvalue weighted by Crippen LogP contribution is -2.34. The van der Waals surface area contributed by atoms with Gasteiger partial charge in [-0.05, 0) is 34.1 Å². The van der Waals surface area contributed by atoms with Crippen LogP contribution < -0.4 is 11.1 Å². The zero-order chi connectivity index (χ0) is 13.1. The van der Waals surface area contributed by atoms with Gasteiger partial charge in [-0.1, -0.05) is 5.16 Å². The van der Waals surface area contributed by atoms with Gasteiger partial charge >= 0.3 is 0 Å². The second-order valence-corrected chi connectivity index (χ2v) is 5.07. The Morgan fingerprint density at radius 2 is 2.12 bits per heavy atom. The lowest BCUT2D eigenvalue weighted by molar-refractivity contribution is -0.121. The summed E-state index contributed by atoms with van der Waals surface area (Å²) in [7, 11) is 0. The zero-order valence-electron chi connectivity index (χ0n) is 11.0. The van der Waals surface area contributed by atoms with Crippen molar-refractivity contribution in [2.45, 2.75) is 52.6 Å². The molecule has 5 heteroatoms. The maximum absolute atomic E-state index is 11.6. The van der Waals surface area contributed by atoms with Gasteiger partial charge in [0.1, 0.15) is 5.76 Å². The Morgan fingerprint density at radius 1 is 1.47 bits per heavy atom. The lowest BCUT2D eigenvalue weighted by Gasteiger charge is -2.17. The van der Waals surface area contributed by atoms with Gasteiger partial charge in [0.05, 0.1) is 5.69 Å². The fourth-order valence-corrected chi connectivity index (χ4v) is 1.47. The first-order valence-electron chi connectivity index (χ1n) is 5.77. The molecule has 0 radical (unpaired) electrons. The highest BCUT2D eigenvalue weighted by Gasteiger charge is 2.14. The summed E-state index contributed by atoms with van der Waals surface area (Å²) in [5.74, 6) is 0.755. The fourth-order valence-electron chi connectivity index (χ4n) is 1.47. The molecular formula is C12H21N3O2. The van der Waals surface area contributed by atoms with Gasteiger partial charge in [0.25, 0.3) is 0 Å². The number of carbonyl (C=O) groups is 1. The SMILES string of the molecule is Cc1noc(C)c1CNC(=O)CCC(C)(C)N. The van der Waals surface area contributed by atoms with Crippen LogP contribution in [0, 0.1) is 13.8 Å². The predicted octanol–water partition coefficient (Wildman–Crippen LogP) is 1.43. The van der Waals surface area contributed by atoms with E-state index in [1.54, 1.807) is 0 Å². The Morgan fingerprint density at radius 3 is 2.59 bits per heavy atom. The molecule has 96 valence electrons. The first-order valence-corrected chi connectivity index (χ1v) is 5.77. The first kappa shape index (κ1) is 13.7. The van der Waals surface area contributed by atoms with Crippen molar-refractivity contribution >= 4 is 5.91 Å². The molecule has 5 nitrogen and oxygen atoms in total. The summed E-state index contributed by atoms with van der Waals surface area (Å²) in [6.07, 6.45) is 1.10. The van der Waals surface area contributed by atoms with Crippen LogP contribution >= 0.6 is 0 Å². The Bertz CT molecular complexity index is 371. The molecule has 0 aromatic carbocycles. The van der Waals surface area contributed by atoms with Crippen LogP contribution in [0.5, 0.6) is 0 Å². The molecule has 1 amide bonds. The molecule has 0 spiro atoms. The van der Waals surface area contributed by atoms with E-state index in [2.05, 4.69) is 10.5 Å². The topological polar surface area (TPSA) is 81.2 Å². The highest BCUT2D eigenvalue weighted by atomic mass is 16.5. The van der Waals surface area contributed by atoms with E-state index in [1.807, 2.05) is 27.7 Å². The molecule has 0 unspecified atom stereocenters. The van der Waals surface area contributed by atoms with Crippen LogP contribution in [-0.4, -0.2) is 16.6 Å². The minimum absolute atomic E-state index is 0.00326. The van der Waals surface area contributed by atoms with Crippen LogP contribution in [0.15, 0.2) is 4.52 Å². The standard InChI is InChI=1S/C12H21N3O2/c1-8-10(9(2)17-15-8)7-14-11(16)5-6-12(3,4)13/h5-7,13H2,1-4H3,(H,14,16). The average Bonchev–Trinajstić information content (AvgIpc) is 2.52. The third kappa shape index (κ3) is 4.56. The molecule has 1 aromatic heterocycles. The maximum atomic E-state index is 11.6. The number of aromatic nitrogens is 1. The first-order chi connectivity index (χ1) is 7.79. The van der Waals surface area contributed by atoms with Crippen molar-refractivity contribution in [2.24, 2.45) is 5.73 Å². The number of rotatable bonds is 5. The Labute approximate surface area is 102 Å². The summed E-state index contributed by atoms with van der Waals surface area (Å²) >= 11 is 0. The van der Waals surface area contributed by atoms with E-state index in [0.29, 0.717) is 19.4 Å². The number of nitrogens with one attached hydrogen (secondary N) is 1. The van der Waals surface area contributed by atoms with Gasteiger partial charge in [0, 0.05) is 24.1 Å².